The van der Waals surface area contributed by atoms with Gasteiger partial charge < -0.3 is 9.73 Å². The molecule has 1 heterocycles. The zero-order valence-corrected chi connectivity index (χ0v) is 17.6. The third kappa shape index (κ3) is 3.67. The average molecular weight is 419 g/mol. The summed E-state index contributed by atoms with van der Waals surface area (Å²) in [5.41, 5.74) is 3.48. The summed E-state index contributed by atoms with van der Waals surface area (Å²) in [6, 6.07) is 28.6. The summed E-state index contributed by atoms with van der Waals surface area (Å²) in [5, 5.41) is 5.78. The van der Waals surface area contributed by atoms with Crippen molar-refractivity contribution in [1.82, 2.24) is 0 Å². The molecule has 1 N–H and O–H groups in total. The number of benzene rings is 4. The molecule has 0 fully saturated rings. The fourth-order valence-electron chi connectivity index (χ4n) is 3.97. The summed E-state index contributed by atoms with van der Waals surface area (Å²) < 4.78 is 5.90. The first kappa shape index (κ1) is 19.8. The Morgan fingerprint density at radius 1 is 0.781 bits per heavy atom. The highest BCUT2D eigenvalue weighted by molar-refractivity contribution is 6.17. The van der Waals surface area contributed by atoms with Crippen LogP contribution in [-0.2, 0) is 11.2 Å². The highest BCUT2D eigenvalue weighted by atomic mass is 16.3. The molecule has 4 aromatic carbocycles. The van der Waals surface area contributed by atoms with Crippen LogP contribution < -0.4 is 5.32 Å². The molecule has 1 amide bonds. The predicted octanol–water partition coefficient (Wildman–Crippen LogP) is 6.31. The molecule has 4 heteroatoms. The number of nitrogens with one attached hydrogen (secondary N) is 1. The van der Waals surface area contributed by atoms with Gasteiger partial charge in [-0.2, -0.15) is 0 Å². The van der Waals surface area contributed by atoms with E-state index in [2.05, 4.69) is 5.32 Å². The number of carbonyl (C=O) groups excluding carboxylic acids is 2. The molecule has 156 valence electrons. The van der Waals surface area contributed by atoms with E-state index in [1.165, 1.54) is 0 Å². The third-order valence-electron chi connectivity index (χ3n) is 5.61. The molecule has 0 spiro atoms. The van der Waals surface area contributed by atoms with Crippen molar-refractivity contribution >= 4 is 39.1 Å². The fraction of sp³-hybridized carbons (Fsp3) is 0.0714. The van der Waals surface area contributed by atoms with E-state index in [9.17, 15) is 9.59 Å². The van der Waals surface area contributed by atoms with E-state index in [1.54, 1.807) is 18.2 Å². The van der Waals surface area contributed by atoms with Crippen molar-refractivity contribution in [3.05, 3.63) is 113 Å². The predicted molar refractivity (Wildman–Crippen MR) is 127 cm³/mol. The van der Waals surface area contributed by atoms with Crippen LogP contribution in [0.1, 0.15) is 27.2 Å². The summed E-state index contributed by atoms with van der Waals surface area (Å²) in [6.07, 6.45) is 0.193. The SMILES string of the molecule is Cc1ccc(C(=O)c2oc3ccccc3c2NC(=O)Cc2cccc3ccccc23)cc1. The second-order valence-electron chi connectivity index (χ2n) is 7.86. The number of anilines is 1. The maximum atomic E-state index is 13.2. The summed E-state index contributed by atoms with van der Waals surface area (Å²) >= 11 is 0. The van der Waals surface area contributed by atoms with Crippen LogP contribution in [0.2, 0.25) is 0 Å². The van der Waals surface area contributed by atoms with Crippen LogP contribution >= 0.6 is 0 Å². The molecule has 0 saturated carbocycles. The number of fused-ring (bicyclic) bond motifs is 2. The van der Waals surface area contributed by atoms with Crippen molar-refractivity contribution in [3.63, 3.8) is 0 Å². The van der Waals surface area contributed by atoms with Crippen LogP contribution in [0.15, 0.2) is 95.4 Å². The Morgan fingerprint density at radius 2 is 1.47 bits per heavy atom. The molecule has 0 saturated heterocycles. The Labute approximate surface area is 185 Å². The van der Waals surface area contributed by atoms with Crippen LogP contribution in [0, 0.1) is 6.92 Å². The Balaban J connectivity index is 1.50. The fourth-order valence-corrected chi connectivity index (χ4v) is 3.97. The van der Waals surface area contributed by atoms with E-state index >= 15 is 0 Å². The molecule has 0 aliphatic heterocycles. The Hall–Kier alpha value is -4.18. The van der Waals surface area contributed by atoms with E-state index in [0.29, 0.717) is 22.2 Å². The van der Waals surface area contributed by atoms with Crippen LogP contribution in [0.3, 0.4) is 0 Å². The van der Waals surface area contributed by atoms with Crippen molar-refractivity contribution in [2.45, 2.75) is 13.3 Å². The largest absolute Gasteiger partial charge is 0.450 e. The lowest BCUT2D eigenvalue weighted by molar-refractivity contribution is -0.115. The molecule has 0 bridgehead atoms. The van der Waals surface area contributed by atoms with Crippen molar-refractivity contribution in [1.29, 1.82) is 0 Å². The highest BCUT2D eigenvalue weighted by Crippen LogP contribution is 2.33. The van der Waals surface area contributed by atoms with Crippen molar-refractivity contribution in [2.75, 3.05) is 5.32 Å². The maximum absolute atomic E-state index is 13.2. The zero-order valence-electron chi connectivity index (χ0n) is 17.6. The number of rotatable bonds is 5. The average Bonchev–Trinajstić information content (AvgIpc) is 3.17. The summed E-state index contributed by atoms with van der Waals surface area (Å²) in [4.78, 5) is 26.3. The first-order valence-corrected chi connectivity index (χ1v) is 10.5. The van der Waals surface area contributed by atoms with E-state index < -0.39 is 0 Å². The molecule has 5 rings (SSSR count). The second-order valence-corrected chi connectivity index (χ2v) is 7.86. The molecular weight excluding hydrogens is 398 g/mol. The van der Waals surface area contributed by atoms with Gasteiger partial charge in [0.15, 0.2) is 5.76 Å². The van der Waals surface area contributed by atoms with Gasteiger partial charge in [-0.05, 0) is 35.4 Å². The Bertz CT molecular complexity index is 1460. The van der Waals surface area contributed by atoms with Gasteiger partial charge in [-0.25, -0.2) is 0 Å². The summed E-state index contributed by atoms with van der Waals surface area (Å²) in [6.45, 7) is 1.97. The lowest BCUT2D eigenvalue weighted by atomic mass is 10.0. The zero-order chi connectivity index (χ0) is 22.1. The molecule has 32 heavy (non-hydrogen) atoms. The second kappa shape index (κ2) is 8.16. The quantitative estimate of drug-likeness (QED) is 0.340. The molecule has 0 radical (unpaired) electrons. The standard InChI is InChI=1S/C28H21NO3/c1-18-13-15-20(16-14-18)27(31)28-26(23-11-4-5-12-24(23)32-28)29-25(30)17-21-9-6-8-19-7-2-3-10-22(19)21/h2-16H,17H2,1H3,(H,29,30). The number of hydrogen-bond donors (Lipinski definition) is 1. The Kier molecular flexibility index (Phi) is 5.04. The molecule has 5 aromatic rings. The van der Waals surface area contributed by atoms with Gasteiger partial charge in [0.2, 0.25) is 11.7 Å². The third-order valence-corrected chi connectivity index (χ3v) is 5.61. The van der Waals surface area contributed by atoms with Crippen LogP contribution in [0.4, 0.5) is 5.69 Å². The Morgan fingerprint density at radius 3 is 2.28 bits per heavy atom. The lowest BCUT2D eigenvalue weighted by Gasteiger charge is -2.09. The topological polar surface area (TPSA) is 59.3 Å². The van der Waals surface area contributed by atoms with Gasteiger partial charge in [0.1, 0.15) is 5.58 Å². The van der Waals surface area contributed by atoms with Gasteiger partial charge in [0, 0.05) is 10.9 Å². The van der Waals surface area contributed by atoms with Crippen molar-refractivity contribution < 1.29 is 14.0 Å². The van der Waals surface area contributed by atoms with Gasteiger partial charge in [0.25, 0.3) is 0 Å². The smallest absolute Gasteiger partial charge is 0.230 e. The molecular formula is C28H21NO3. The molecule has 0 aliphatic carbocycles. The van der Waals surface area contributed by atoms with Crippen LogP contribution in [0.5, 0.6) is 0 Å². The summed E-state index contributed by atoms with van der Waals surface area (Å²) in [7, 11) is 0. The monoisotopic (exact) mass is 419 g/mol. The van der Waals surface area contributed by atoms with Crippen LogP contribution in [0.25, 0.3) is 21.7 Å². The van der Waals surface area contributed by atoms with E-state index in [1.807, 2.05) is 79.7 Å². The van der Waals surface area contributed by atoms with Gasteiger partial charge >= 0.3 is 0 Å². The first-order valence-electron chi connectivity index (χ1n) is 10.5. The van der Waals surface area contributed by atoms with Gasteiger partial charge in [-0.1, -0.05) is 84.4 Å². The number of furan rings is 1. The summed E-state index contributed by atoms with van der Waals surface area (Å²) in [5.74, 6) is -0.325. The minimum atomic E-state index is -0.262. The van der Waals surface area contributed by atoms with E-state index in [0.717, 1.165) is 21.9 Å². The maximum Gasteiger partial charge on any atom is 0.230 e. The number of ketones is 1. The number of carbonyl (C=O) groups is 2. The molecule has 0 unspecified atom stereocenters. The minimum Gasteiger partial charge on any atom is -0.450 e. The van der Waals surface area contributed by atoms with Gasteiger partial charge in [-0.3, -0.25) is 9.59 Å². The van der Waals surface area contributed by atoms with E-state index in [-0.39, 0.29) is 23.9 Å². The van der Waals surface area contributed by atoms with Gasteiger partial charge in [0.05, 0.1) is 12.1 Å². The van der Waals surface area contributed by atoms with E-state index in [4.69, 9.17) is 4.42 Å². The molecule has 4 nitrogen and oxygen atoms in total. The molecule has 1 aromatic heterocycles. The first-order chi connectivity index (χ1) is 15.6. The van der Waals surface area contributed by atoms with Crippen molar-refractivity contribution in [3.8, 4) is 0 Å². The number of hydrogen-bond acceptors (Lipinski definition) is 3. The van der Waals surface area contributed by atoms with Crippen LogP contribution in [-0.4, -0.2) is 11.7 Å². The normalized spacial score (nSPS) is 11.0. The molecule has 0 aliphatic rings. The van der Waals surface area contributed by atoms with Gasteiger partial charge in [-0.15, -0.1) is 0 Å². The minimum absolute atomic E-state index is 0.140. The molecule has 0 atom stereocenters. The number of amides is 1. The number of aryl methyl sites for hydroxylation is 1. The highest BCUT2D eigenvalue weighted by Gasteiger charge is 2.23. The lowest BCUT2D eigenvalue weighted by Crippen LogP contribution is -2.16. The van der Waals surface area contributed by atoms with Crippen molar-refractivity contribution in [2.24, 2.45) is 0 Å². The number of para-hydroxylation sites is 1.